The number of hydrazone groups is 1. The smallest absolute Gasteiger partial charge is 0.271 e. The average molecular weight is 422 g/mol. The van der Waals surface area contributed by atoms with E-state index in [-0.39, 0.29) is 0 Å². The Hall–Kier alpha value is -3.52. The minimum absolute atomic E-state index is 0.340. The van der Waals surface area contributed by atoms with Crippen molar-refractivity contribution in [3.05, 3.63) is 95.1 Å². The number of nitrogens with zero attached hydrogens (tertiary/aromatic N) is 2. The molecule has 3 aromatic carbocycles. The van der Waals surface area contributed by atoms with Crippen molar-refractivity contribution in [2.45, 2.75) is 10.9 Å². The molecule has 0 saturated heterocycles. The minimum Gasteiger partial charge on any atom is -0.333 e. The van der Waals surface area contributed by atoms with Crippen LogP contribution >= 0.6 is 11.8 Å². The van der Waals surface area contributed by atoms with Crippen molar-refractivity contribution in [3.8, 4) is 0 Å². The van der Waals surface area contributed by atoms with Gasteiger partial charge in [-0.05, 0) is 47.5 Å². The molecule has 0 fully saturated rings. The van der Waals surface area contributed by atoms with Crippen molar-refractivity contribution >= 4 is 34.9 Å². The van der Waals surface area contributed by atoms with Crippen molar-refractivity contribution in [3.63, 3.8) is 0 Å². The summed E-state index contributed by atoms with van der Waals surface area (Å²) in [4.78, 5) is 20.0. The molecule has 0 saturated carbocycles. The summed E-state index contributed by atoms with van der Waals surface area (Å²) in [5.74, 6) is -1.60. The summed E-state index contributed by atoms with van der Waals surface area (Å²) in [7, 11) is 0. The predicted molar refractivity (Wildman–Crippen MR) is 114 cm³/mol. The Morgan fingerprint density at radius 1 is 1.07 bits per heavy atom. The molecule has 0 aliphatic heterocycles. The summed E-state index contributed by atoms with van der Waals surface area (Å²) >= 11 is 1.58. The molecule has 5 nitrogen and oxygen atoms in total. The SMILES string of the molecule is O=C(N/N=C/c1ccc(F)c(F)c1)c1ccc(CSc2nc3ccccc3[nH]2)cc1. The van der Waals surface area contributed by atoms with Gasteiger partial charge in [-0.1, -0.05) is 42.1 Å². The molecule has 0 aliphatic carbocycles. The molecule has 0 spiro atoms. The Morgan fingerprint density at radius 3 is 2.63 bits per heavy atom. The van der Waals surface area contributed by atoms with Gasteiger partial charge in [-0.15, -0.1) is 0 Å². The maximum atomic E-state index is 13.2. The molecular formula is C22H16F2N4OS. The zero-order chi connectivity index (χ0) is 20.9. The first-order chi connectivity index (χ1) is 14.6. The Morgan fingerprint density at radius 2 is 1.87 bits per heavy atom. The molecule has 4 aromatic rings. The van der Waals surface area contributed by atoms with Gasteiger partial charge in [0.25, 0.3) is 5.91 Å². The standard InChI is InChI=1S/C22H16F2N4OS/c23-17-10-7-15(11-18(17)24)12-25-28-21(29)16-8-5-14(6-9-16)13-30-22-26-19-3-1-2-4-20(19)27-22/h1-12H,13H2,(H,26,27)(H,28,29)/b25-12+. The van der Waals surface area contributed by atoms with Crippen LogP contribution in [0, 0.1) is 11.6 Å². The largest absolute Gasteiger partial charge is 0.333 e. The number of fused-ring (bicyclic) bond motifs is 1. The van der Waals surface area contributed by atoms with E-state index < -0.39 is 17.5 Å². The van der Waals surface area contributed by atoms with E-state index in [1.807, 2.05) is 36.4 Å². The fourth-order valence-electron chi connectivity index (χ4n) is 2.72. The summed E-state index contributed by atoms with van der Waals surface area (Å²) < 4.78 is 26.1. The van der Waals surface area contributed by atoms with E-state index in [0.717, 1.165) is 33.9 Å². The van der Waals surface area contributed by atoms with Crippen LogP contribution in [0.3, 0.4) is 0 Å². The van der Waals surface area contributed by atoms with Gasteiger partial charge in [0.15, 0.2) is 16.8 Å². The van der Waals surface area contributed by atoms with Gasteiger partial charge in [0, 0.05) is 11.3 Å². The Balaban J connectivity index is 1.32. The van der Waals surface area contributed by atoms with E-state index in [1.165, 1.54) is 12.3 Å². The third-order valence-electron chi connectivity index (χ3n) is 4.28. The predicted octanol–water partition coefficient (Wildman–Crippen LogP) is 4.90. The summed E-state index contributed by atoms with van der Waals surface area (Å²) in [5.41, 5.74) is 6.11. The number of aromatic amines is 1. The number of para-hydroxylation sites is 2. The van der Waals surface area contributed by atoms with Gasteiger partial charge in [0.1, 0.15) is 0 Å². The molecular weight excluding hydrogens is 406 g/mol. The monoisotopic (exact) mass is 422 g/mol. The minimum atomic E-state index is -0.971. The number of H-pyrrole nitrogens is 1. The van der Waals surface area contributed by atoms with Crippen LogP contribution in [0.4, 0.5) is 8.78 Å². The van der Waals surface area contributed by atoms with Crippen LogP contribution in [0.1, 0.15) is 21.5 Å². The van der Waals surface area contributed by atoms with Crippen molar-refractivity contribution in [1.29, 1.82) is 0 Å². The summed E-state index contributed by atoms with van der Waals surface area (Å²) in [6, 6.07) is 18.3. The molecule has 0 bridgehead atoms. The molecule has 0 aliphatic rings. The maximum Gasteiger partial charge on any atom is 0.271 e. The van der Waals surface area contributed by atoms with Gasteiger partial charge in [-0.2, -0.15) is 5.10 Å². The number of carbonyl (C=O) groups is 1. The van der Waals surface area contributed by atoms with Crippen LogP contribution in [0.2, 0.25) is 0 Å². The first kappa shape index (κ1) is 19.8. The summed E-state index contributed by atoms with van der Waals surface area (Å²) in [6.07, 6.45) is 1.25. The second kappa shape index (κ2) is 8.87. The number of benzene rings is 3. The average Bonchev–Trinajstić information content (AvgIpc) is 3.18. The topological polar surface area (TPSA) is 70.1 Å². The molecule has 8 heteroatoms. The lowest BCUT2D eigenvalue weighted by molar-refractivity contribution is 0.0955. The van der Waals surface area contributed by atoms with Crippen molar-refractivity contribution in [1.82, 2.24) is 15.4 Å². The van der Waals surface area contributed by atoms with E-state index >= 15 is 0 Å². The fraction of sp³-hybridized carbons (Fsp3) is 0.0455. The van der Waals surface area contributed by atoms with E-state index in [4.69, 9.17) is 0 Å². The van der Waals surface area contributed by atoms with Gasteiger partial charge >= 0.3 is 0 Å². The Kier molecular flexibility index (Phi) is 5.85. The van der Waals surface area contributed by atoms with Gasteiger partial charge in [-0.25, -0.2) is 19.2 Å². The molecule has 150 valence electrons. The van der Waals surface area contributed by atoms with Crippen molar-refractivity contribution < 1.29 is 13.6 Å². The first-order valence-corrected chi connectivity index (χ1v) is 10.0. The zero-order valence-corrected chi connectivity index (χ0v) is 16.4. The van der Waals surface area contributed by atoms with Crippen LogP contribution in [0.25, 0.3) is 11.0 Å². The zero-order valence-electron chi connectivity index (χ0n) is 15.6. The second-order valence-electron chi connectivity index (χ2n) is 6.42. The fourth-order valence-corrected chi connectivity index (χ4v) is 3.57. The molecule has 4 rings (SSSR count). The number of carbonyl (C=O) groups excluding carboxylic acids is 1. The van der Waals surface area contributed by atoms with E-state index in [0.29, 0.717) is 16.9 Å². The number of hydrogen-bond acceptors (Lipinski definition) is 4. The van der Waals surface area contributed by atoms with Gasteiger partial charge in [-0.3, -0.25) is 4.79 Å². The summed E-state index contributed by atoms with van der Waals surface area (Å²) in [6.45, 7) is 0. The number of hydrogen-bond donors (Lipinski definition) is 2. The third-order valence-corrected chi connectivity index (χ3v) is 5.23. The van der Waals surface area contributed by atoms with Gasteiger partial charge in [0.2, 0.25) is 0 Å². The number of amides is 1. The van der Waals surface area contributed by atoms with Crippen LogP contribution in [0.15, 0.2) is 77.0 Å². The molecule has 30 heavy (non-hydrogen) atoms. The highest BCUT2D eigenvalue weighted by Crippen LogP contribution is 2.23. The van der Waals surface area contributed by atoms with Crippen molar-refractivity contribution in [2.24, 2.45) is 5.10 Å². The molecule has 1 heterocycles. The van der Waals surface area contributed by atoms with Crippen LogP contribution < -0.4 is 5.43 Å². The molecule has 1 amide bonds. The number of rotatable bonds is 6. The lowest BCUT2D eigenvalue weighted by atomic mass is 10.1. The van der Waals surface area contributed by atoms with Gasteiger partial charge < -0.3 is 4.98 Å². The Labute approximate surface area is 175 Å². The molecule has 1 aromatic heterocycles. The van der Waals surface area contributed by atoms with E-state index in [2.05, 4.69) is 20.5 Å². The Bertz CT molecular complexity index is 1190. The summed E-state index contributed by atoms with van der Waals surface area (Å²) in [5, 5.41) is 4.62. The number of thioether (sulfide) groups is 1. The molecule has 2 N–H and O–H groups in total. The number of nitrogens with one attached hydrogen (secondary N) is 2. The third kappa shape index (κ3) is 4.72. The highest BCUT2D eigenvalue weighted by atomic mass is 32.2. The van der Waals surface area contributed by atoms with Crippen LogP contribution in [-0.2, 0) is 5.75 Å². The van der Waals surface area contributed by atoms with Crippen molar-refractivity contribution in [2.75, 3.05) is 0 Å². The lowest BCUT2D eigenvalue weighted by Crippen LogP contribution is -2.17. The maximum absolute atomic E-state index is 13.2. The molecule has 0 unspecified atom stereocenters. The molecule has 0 radical (unpaired) electrons. The highest BCUT2D eigenvalue weighted by molar-refractivity contribution is 7.98. The van der Waals surface area contributed by atoms with Crippen LogP contribution in [0.5, 0.6) is 0 Å². The van der Waals surface area contributed by atoms with E-state index in [9.17, 15) is 13.6 Å². The first-order valence-electron chi connectivity index (χ1n) is 9.03. The second-order valence-corrected chi connectivity index (χ2v) is 7.38. The number of halogens is 2. The highest BCUT2D eigenvalue weighted by Gasteiger charge is 2.06. The lowest BCUT2D eigenvalue weighted by Gasteiger charge is -2.03. The quantitative estimate of drug-likeness (QED) is 0.264. The van der Waals surface area contributed by atoms with E-state index in [1.54, 1.807) is 23.9 Å². The van der Waals surface area contributed by atoms with Gasteiger partial charge in [0.05, 0.1) is 17.2 Å². The number of imidazole rings is 1. The molecule has 0 atom stereocenters. The normalized spacial score (nSPS) is 11.3. The van der Waals surface area contributed by atoms with Crippen LogP contribution in [-0.4, -0.2) is 22.1 Å². The number of aromatic nitrogens is 2.